The van der Waals surface area contributed by atoms with Gasteiger partial charge in [0.15, 0.2) is 5.69 Å². The summed E-state index contributed by atoms with van der Waals surface area (Å²) in [7, 11) is 0. The number of anilines is 1. The molecule has 34 heavy (non-hydrogen) atoms. The van der Waals surface area contributed by atoms with E-state index >= 15 is 0 Å². The fourth-order valence-electron chi connectivity index (χ4n) is 5.43. The molecule has 0 atom stereocenters. The van der Waals surface area contributed by atoms with Crippen molar-refractivity contribution in [1.29, 1.82) is 0 Å². The third-order valence-corrected chi connectivity index (χ3v) is 7.60. The molecule has 8 nitrogen and oxygen atoms in total. The molecule has 1 saturated heterocycles. The molecule has 1 aromatic heterocycles. The summed E-state index contributed by atoms with van der Waals surface area (Å²) in [5.41, 5.74) is 5.86. The molecular formula is C24H29ClFN5O3. The first-order valence-electron chi connectivity index (χ1n) is 11.6. The lowest BCUT2D eigenvalue weighted by atomic mass is 9.67. The number of carbonyl (C=O) groups excluding carboxylic acids is 3. The average molecular weight is 490 g/mol. The van der Waals surface area contributed by atoms with Crippen molar-refractivity contribution in [3.63, 3.8) is 0 Å². The third-order valence-electron chi connectivity index (χ3n) is 7.30. The van der Waals surface area contributed by atoms with E-state index in [9.17, 15) is 18.8 Å². The van der Waals surface area contributed by atoms with Crippen LogP contribution < -0.4 is 10.6 Å². The highest BCUT2D eigenvalue weighted by Crippen LogP contribution is 2.47. The molecule has 2 aliphatic rings. The molecule has 0 radical (unpaired) electrons. The quantitative estimate of drug-likeness (QED) is 0.664. The molecule has 0 bridgehead atoms. The molecule has 182 valence electrons. The predicted molar refractivity (Wildman–Crippen MR) is 126 cm³/mol. The number of nitrogens with zero attached hydrogens (tertiary/aromatic N) is 3. The largest absolute Gasteiger partial charge is 0.364 e. The zero-order valence-electron chi connectivity index (χ0n) is 19.4. The first kappa shape index (κ1) is 24.2. The molecule has 2 fully saturated rings. The number of rotatable bonds is 5. The number of imidazole rings is 1. The van der Waals surface area contributed by atoms with Crippen molar-refractivity contribution in [2.45, 2.75) is 58.4 Å². The van der Waals surface area contributed by atoms with E-state index in [-0.39, 0.29) is 34.3 Å². The van der Waals surface area contributed by atoms with Crippen LogP contribution in [0.15, 0.2) is 18.5 Å². The van der Waals surface area contributed by atoms with Gasteiger partial charge in [0.1, 0.15) is 11.5 Å². The van der Waals surface area contributed by atoms with Crippen LogP contribution in [0.4, 0.5) is 10.1 Å². The molecule has 1 aliphatic carbocycles. The van der Waals surface area contributed by atoms with E-state index in [1.807, 2.05) is 6.92 Å². The van der Waals surface area contributed by atoms with Gasteiger partial charge >= 0.3 is 0 Å². The molecule has 1 spiro atoms. The van der Waals surface area contributed by atoms with E-state index in [1.54, 1.807) is 22.8 Å². The Labute approximate surface area is 202 Å². The highest BCUT2D eigenvalue weighted by Gasteiger charge is 2.47. The zero-order chi connectivity index (χ0) is 24.6. The Morgan fingerprint density at radius 2 is 2.03 bits per heavy atom. The Balaban J connectivity index is 1.51. The third kappa shape index (κ3) is 4.17. The van der Waals surface area contributed by atoms with Crippen LogP contribution in [-0.4, -0.2) is 51.7 Å². The average Bonchev–Trinajstić information content (AvgIpc) is 3.31. The number of halogens is 2. The number of nitrogens with two attached hydrogens (primary N) is 1. The second kappa shape index (κ2) is 9.37. The van der Waals surface area contributed by atoms with Crippen LogP contribution in [0, 0.1) is 18.2 Å². The van der Waals surface area contributed by atoms with Gasteiger partial charge in [-0.15, -0.1) is 0 Å². The van der Waals surface area contributed by atoms with Gasteiger partial charge in [-0.3, -0.25) is 14.4 Å². The lowest BCUT2D eigenvalue weighted by molar-refractivity contribution is -0.133. The maximum Gasteiger partial charge on any atom is 0.275 e. The van der Waals surface area contributed by atoms with Gasteiger partial charge in [-0.1, -0.05) is 11.6 Å². The summed E-state index contributed by atoms with van der Waals surface area (Å²) in [5.74, 6) is -1.46. The van der Waals surface area contributed by atoms with E-state index in [4.69, 9.17) is 17.3 Å². The minimum absolute atomic E-state index is 0.000278. The van der Waals surface area contributed by atoms with Gasteiger partial charge in [0.25, 0.3) is 11.8 Å². The van der Waals surface area contributed by atoms with Crippen LogP contribution >= 0.6 is 11.6 Å². The number of hydrogen-bond acceptors (Lipinski definition) is 4. The summed E-state index contributed by atoms with van der Waals surface area (Å²) in [6, 6.07) is 2.83. The van der Waals surface area contributed by atoms with Gasteiger partial charge in [0.05, 0.1) is 17.0 Å². The molecule has 1 aromatic carbocycles. The monoisotopic (exact) mass is 489 g/mol. The highest BCUT2D eigenvalue weighted by atomic mass is 35.5. The number of carbonyl (C=O) groups is 3. The first-order chi connectivity index (χ1) is 16.2. The van der Waals surface area contributed by atoms with Gasteiger partial charge in [0, 0.05) is 24.5 Å². The summed E-state index contributed by atoms with van der Waals surface area (Å²) in [5, 5.41) is 0.231. The molecule has 10 heteroatoms. The summed E-state index contributed by atoms with van der Waals surface area (Å²) < 4.78 is 13.9. The molecule has 3 amide bonds. The van der Waals surface area contributed by atoms with Crippen molar-refractivity contribution in [2.24, 2.45) is 11.1 Å². The topological polar surface area (TPSA) is 112 Å². The molecule has 1 aliphatic heterocycles. The number of nitrogens with one attached hydrogen (secondary N) is 1. The Hall–Kier alpha value is -2.94. The minimum Gasteiger partial charge on any atom is -0.364 e. The van der Waals surface area contributed by atoms with Crippen molar-refractivity contribution in [1.82, 2.24) is 14.9 Å². The molecule has 3 N–H and O–H groups in total. The number of piperidine rings is 1. The molecule has 4 rings (SSSR count). The highest BCUT2D eigenvalue weighted by molar-refractivity contribution is 6.34. The van der Waals surface area contributed by atoms with E-state index < -0.39 is 17.1 Å². The summed E-state index contributed by atoms with van der Waals surface area (Å²) in [6.07, 6.45) is 5.48. The van der Waals surface area contributed by atoms with Gasteiger partial charge < -0.3 is 20.5 Å². The van der Waals surface area contributed by atoms with Crippen molar-refractivity contribution < 1.29 is 18.8 Å². The zero-order valence-corrected chi connectivity index (χ0v) is 20.1. The number of aryl methyl sites for hydroxylation is 1. The maximum absolute atomic E-state index is 13.9. The normalized spacial score (nSPS) is 22.8. The number of benzene rings is 1. The fourth-order valence-corrected chi connectivity index (χ4v) is 5.68. The Kier molecular flexibility index (Phi) is 6.66. The first-order valence-corrected chi connectivity index (χ1v) is 12.0. The van der Waals surface area contributed by atoms with Gasteiger partial charge in [-0.25, -0.2) is 9.37 Å². The van der Waals surface area contributed by atoms with E-state index in [0.717, 1.165) is 12.8 Å². The Morgan fingerprint density at radius 1 is 1.32 bits per heavy atom. The second-order valence-electron chi connectivity index (χ2n) is 9.21. The van der Waals surface area contributed by atoms with Crippen molar-refractivity contribution in [3.05, 3.63) is 46.3 Å². The predicted octanol–water partition coefficient (Wildman–Crippen LogP) is 3.83. The Bertz CT molecular complexity index is 1130. The van der Waals surface area contributed by atoms with Crippen molar-refractivity contribution >= 4 is 35.0 Å². The number of primary amides is 1. The van der Waals surface area contributed by atoms with Crippen LogP contribution in [0.5, 0.6) is 0 Å². The number of aromatic amines is 1. The van der Waals surface area contributed by atoms with Crippen molar-refractivity contribution in [3.8, 4) is 0 Å². The van der Waals surface area contributed by atoms with Crippen LogP contribution in [0.2, 0.25) is 5.02 Å². The van der Waals surface area contributed by atoms with Crippen LogP contribution in [-0.2, 0) is 4.79 Å². The van der Waals surface area contributed by atoms with Gasteiger partial charge in [0.2, 0.25) is 5.91 Å². The smallest absolute Gasteiger partial charge is 0.275 e. The van der Waals surface area contributed by atoms with Crippen LogP contribution in [0.3, 0.4) is 0 Å². The second-order valence-corrected chi connectivity index (χ2v) is 9.61. The summed E-state index contributed by atoms with van der Waals surface area (Å²) in [6.45, 7) is 4.53. The molecule has 2 aromatic rings. The molecule has 0 unspecified atom stereocenters. The van der Waals surface area contributed by atoms with Crippen LogP contribution in [0.1, 0.15) is 72.0 Å². The number of aromatic nitrogens is 2. The molecule has 1 saturated carbocycles. The Morgan fingerprint density at radius 3 is 2.68 bits per heavy atom. The van der Waals surface area contributed by atoms with E-state index in [0.29, 0.717) is 50.0 Å². The van der Waals surface area contributed by atoms with Gasteiger partial charge in [-0.05, 0) is 70.1 Å². The lowest BCUT2D eigenvalue weighted by Crippen LogP contribution is -2.53. The summed E-state index contributed by atoms with van der Waals surface area (Å²) in [4.78, 5) is 48.5. The SMILES string of the molecule is CCN(C(=O)c1nc[nH]c1C(N)=O)[C@H]1CC[C@@]2(CCCN(c3cc(C)c(F)cc3Cl)C2=O)CC1. The fraction of sp³-hybridized carbons (Fsp3) is 0.500. The summed E-state index contributed by atoms with van der Waals surface area (Å²) >= 11 is 6.31. The van der Waals surface area contributed by atoms with Crippen LogP contribution in [0.25, 0.3) is 0 Å². The molecular weight excluding hydrogens is 461 g/mol. The lowest BCUT2D eigenvalue weighted by Gasteiger charge is -2.47. The molecule has 2 heterocycles. The number of H-pyrrole nitrogens is 1. The number of hydrogen-bond donors (Lipinski definition) is 2. The maximum atomic E-state index is 13.9. The number of amides is 3. The van der Waals surface area contributed by atoms with E-state index in [2.05, 4.69) is 9.97 Å². The standard InChI is InChI=1S/C24H29ClFN5O3/c1-3-30(22(33)20-19(21(27)32)28-13-29-20)15-5-8-24(9-6-15)7-4-10-31(23(24)34)18-11-14(2)17(26)12-16(18)25/h11-13,15H,3-10H2,1-2H3,(H2,27,32)(H,28,29)/t15-,24-. The van der Waals surface area contributed by atoms with E-state index in [1.165, 1.54) is 12.4 Å². The van der Waals surface area contributed by atoms with Crippen molar-refractivity contribution in [2.75, 3.05) is 18.0 Å². The van der Waals surface area contributed by atoms with Gasteiger partial charge in [-0.2, -0.15) is 0 Å². The minimum atomic E-state index is -0.734.